The van der Waals surface area contributed by atoms with Crippen LogP contribution in [0.3, 0.4) is 0 Å². The SMILES string of the molecule is CC(ONC(=O)CCC(CCNC(=O)OCC1c2ccccc2-c2ccccc21)C(C)C)C(=O)O. The van der Waals surface area contributed by atoms with Gasteiger partial charge in [-0.1, -0.05) is 62.4 Å². The summed E-state index contributed by atoms with van der Waals surface area (Å²) in [5.41, 5.74) is 6.88. The van der Waals surface area contributed by atoms with Crippen LogP contribution in [0.2, 0.25) is 0 Å². The molecule has 3 rings (SSSR count). The summed E-state index contributed by atoms with van der Waals surface area (Å²) in [6, 6.07) is 16.4. The van der Waals surface area contributed by atoms with Gasteiger partial charge in [0.25, 0.3) is 0 Å². The molecule has 0 radical (unpaired) electrons. The number of carboxylic acid groups (broad SMARTS) is 1. The van der Waals surface area contributed by atoms with Crippen molar-refractivity contribution in [3.63, 3.8) is 0 Å². The van der Waals surface area contributed by atoms with Gasteiger partial charge in [0.1, 0.15) is 6.61 Å². The third-order valence-corrected chi connectivity index (χ3v) is 6.51. The quantitative estimate of drug-likeness (QED) is 0.384. The molecule has 2 aromatic rings. The van der Waals surface area contributed by atoms with Crippen LogP contribution >= 0.6 is 0 Å². The van der Waals surface area contributed by atoms with E-state index in [4.69, 9.17) is 14.7 Å². The Morgan fingerprint density at radius 2 is 1.54 bits per heavy atom. The number of ether oxygens (including phenoxy) is 1. The Labute approximate surface area is 206 Å². The molecule has 0 bridgehead atoms. The number of fused-ring (bicyclic) bond motifs is 3. The molecule has 1 aliphatic carbocycles. The van der Waals surface area contributed by atoms with E-state index in [2.05, 4.69) is 48.9 Å². The number of hydrogen-bond acceptors (Lipinski definition) is 5. The van der Waals surface area contributed by atoms with Crippen LogP contribution in [-0.4, -0.2) is 42.3 Å². The fourth-order valence-corrected chi connectivity index (χ4v) is 4.39. The summed E-state index contributed by atoms with van der Waals surface area (Å²) in [5.74, 6) is -0.989. The maximum Gasteiger partial charge on any atom is 0.407 e. The van der Waals surface area contributed by atoms with Crippen molar-refractivity contribution in [3.05, 3.63) is 59.7 Å². The third-order valence-electron chi connectivity index (χ3n) is 6.51. The summed E-state index contributed by atoms with van der Waals surface area (Å²) in [7, 11) is 0. The lowest BCUT2D eigenvalue weighted by molar-refractivity contribution is -0.158. The van der Waals surface area contributed by atoms with Crippen LogP contribution in [0.1, 0.15) is 57.1 Å². The number of amides is 2. The fraction of sp³-hybridized carbons (Fsp3) is 0.444. The van der Waals surface area contributed by atoms with E-state index in [9.17, 15) is 14.4 Å². The number of carboxylic acids is 1. The Bertz CT molecular complexity index is 992. The van der Waals surface area contributed by atoms with Crippen LogP contribution < -0.4 is 10.8 Å². The van der Waals surface area contributed by atoms with Gasteiger partial charge in [0.15, 0.2) is 6.10 Å². The zero-order valence-corrected chi connectivity index (χ0v) is 20.5. The van der Waals surface area contributed by atoms with Gasteiger partial charge < -0.3 is 15.2 Å². The molecular weight excluding hydrogens is 448 g/mol. The molecule has 2 amide bonds. The van der Waals surface area contributed by atoms with Gasteiger partial charge >= 0.3 is 12.1 Å². The van der Waals surface area contributed by atoms with Crippen molar-refractivity contribution in [1.82, 2.24) is 10.8 Å². The Hall–Kier alpha value is -3.39. The lowest BCUT2D eigenvalue weighted by atomic mass is 9.88. The average Bonchev–Trinajstić information content (AvgIpc) is 3.16. The lowest BCUT2D eigenvalue weighted by Crippen LogP contribution is -2.33. The summed E-state index contributed by atoms with van der Waals surface area (Å²) >= 11 is 0. The van der Waals surface area contributed by atoms with Crippen molar-refractivity contribution < 1.29 is 29.1 Å². The second-order valence-corrected chi connectivity index (χ2v) is 9.21. The molecule has 0 spiro atoms. The van der Waals surface area contributed by atoms with Gasteiger partial charge in [-0.3, -0.25) is 9.63 Å². The smallest absolute Gasteiger partial charge is 0.407 e. The standard InChI is InChI=1S/C27H34N2O6/c1-17(2)19(12-13-25(30)29-35-18(3)26(31)32)14-15-28-27(33)34-16-24-22-10-6-4-8-20(22)21-9-5-7-11-23(21)24/h4-11,17-19,24H,12-16H2,1-3H3,(H,28,33)(H,29,30)(H,31,32). The lowest BCUT2D eigenvalue weighted by Gasteiger charge is -2.21. The first kappa shape index (κ1) is 26.2. The highest BCUT2D eigenvalue weighted by Gasteiger charge is 2.29. The van der Waals surface area contributed by atoms with E-state index in [0.29, 0.717) is 25.3 Å². The van der Waals surface area contributed by atoms with E-state index >= 15 is 0 Å². The predicted molar refractivity (Wildman–Crippen MR) is 132 cm³/mol. The van der Waals surface area contributed by atoms with Crippen molar-refractivity contribution >= 4 is 18.0 Å². The highest BCUT2D eigenvalue weighted by molar-refractivity contribution is 5.79. The van der Waals surface area contributed by atoms with Crippen molar-refractivity contribution in [2.75, 3.05) is 13.2 Å². The summed E-state index contributed by atoms with van der Waals surface area (Å²) in [6.45, 7) is 6.18. The molecule has 2 aromatic carbocycles. The molecule has 1 aliphatic rings. The van der Waals surface area contributed by atoms with Crippen LogP contribution in [0, 0.1) is 11.8 Å². The molecule has 0 saturated heterocycles. The van der Waals surface area contributed by atoms with E-state index in [0.717, 1.165) is 0 Å². The Morgan fingerprint density at radius 3 is 2.11 bits per heavy atom. The molecule has 0 saturated carbocycles. The van der Waals surface area contributed by atoms with Gasteiger partial charge in [-0.2, -0.15) is 0 Å². The molecule has 0 heterocycles. The average molecular weight is 483 g/mol. The van der Waals surface area contributed by atoms with Gasteiger partial charge in [0, 0.05) is 18.9 Å². The van der Waals surface area contributed by atoms with Crippen molar-refractivity contribution in [1.29, 1.82) is 0 Å². The normalized spacial score (nSPS) is 14.1. The Kier molecular flexibility index (Phi) is 9.25. The highest BCUT2D eigenvalue weighted by Crippen LogP contribution is 2.44. The maximum atomic E-state index is 12.4. The Morgan fingerprint density at radius 1 is 0.943 bits per heavy atom. The minimum atomic E-state index is -1.15. The van der Waals surface area contributed by atoms with E-state index < -0.39 is 18.2 Å². The zero-order chi connectivity index (χ0) is 25.4. The number of carbonyl (C=O) groups excluding carboxylic acids is 2. The largest absolute Gasteiger partial charge is 0.479 e. The second kappa shape index (κ2) is 12.4. The van der Waals surface area contributed by atoms with Crippen LogP contribution in [0.4, 0.5) is 4.79 Å². The zero-order valence-electron chi connectivity index (χ0n) is 20.5. The minimum absolute atomic E-state index is 0.0149. The summed E-state index contributed by atoms with van der Waals surface area (Å²) < 4.78 is 5.58. The highest BCUT2D eigenvalue weighted by atomic mass is 16.7. The van der Waals surface area contributed by atoms with E-state index in [1.54, 1.807) is 0 Å². The first-order valence-electron chi connectivity index (χ1n) is 12.0. The molecule has 188 valence electrons. The van der Waals surface area contributed by atoms with Gasteiger partial charge in [-0.25, -0.2) is 15.1 Å². The third kappa shape index (κ3) is 7.05. The van der Waals surface area contributed by atoms with Crippen LogP contribution in [0.15, 0.2) is 48.5 Å². The summed E-state index contributed by atoms with van der Waals surface area (Å²) in [4.78, 5) is 39.9. The molecule has 8 heteroatoms. The number of alkyl carbamates (subject to hydrolysis) is 1. The summed E-state index contributed by atoms with van der Waals surface area (Å²) in [6.07, 6.45) is -0.0630. The molecule has 8 nitrogen and oxygen atoms in total. The molecule has 35 heavy (non-hydrogen) atoms. The molecule has 0 aromatic heterocycles. The maximum absolute atomic E-state index is 12.4. The number of hydroxylamine groups is 1. The minimum Gasteiger partial charge on any atom is -0.479 e. The number of carbonyl (C=O) groups is 3. The van der Waals surface area contributed by atoms with Crippen molar-refractivity contribution in [3.8, 4) is 11.1 Å². The molecule has 3 N–H and O–H groups in total. The van der Waals surface area contributed by atoms with Gasteiger partial charge in [-0.15, -0.1) is 0 Å². The van der Waals surface area contributed by atoms with Crippen LogP contribution in [-0.2, 0) is 19.2 Å². The van der Waals surface area contributed by atoms with E-state index in [1.165, 1.54) is 29.2 Å². The van der Waals surface area contributed by atoms with E-state index in [1.807, 2.05) is 24.3 Å². The van der Waals surface area contributed by atoms with Gasteiger partial charge in [0.05, 0.1) is 0 Å². The number of benzene rings is 2. The molecule has 2 unspecified atom stereocenters. The molecule has 0 fully saturated rings. The van der Waals surface area contributed by atoms with Crippen molar-refractivity contribution in [2.45, 2.75) is 52.1 Å². The predicted octanol–water partition coefficient (Wildman–Crippen LogP) is 4.49. The first-order chi connectivity index (χ1) is 16.8. The molecule has 0 aliphatic heterocycles. The summed E-state index contributed by atoms with van der Waals surface area (Å²) in [5, 5.41) is 11.6. The van der Waals surface area contributed by atoms with Gasteiger partial charge in [0.2, 0.25) is 5.91 Å². The van der Waals surface area contributed by atoms with Crippen LogP contribution in [0.25, 0.3) is 11.1 Å². The van der Waals surface area contributed by atoms with Crippen molar-refractivity contribution in [2.24, 2.45) is 11.8 Å². The topological polar surface area (TPSA) is 114 Å². The van der Waals surface area contributed by atoms with E-state index in [-0.39, 0.29) is 30.8 Å². The second-order valence-electron chi connectivity index (χ2n) is 9.21. The number of hydrogen-bond donors (Lipinski definition) is 3. The number of aliphatic carboxylic acids is 1. The Balaban J connectivity index is 1.42. The first-order valence-corrected chi connectivity index (χ1v) is 12.0. The van der Waals surface area contributed by atoms with Crippen LogP contribution in [0.5, 0.6) is 0 Å². The molecular formula is C27H34N2O6. The number of rotatable bonds is 12. The molecule has 2 atom stereocenters. The fourth-order valence-electron chi connectivity index (χ4n) is 4.39. The number of nitrogens with one attached hydrogen (secondary N) is 2. The monoisotopic (exact) mass is 482 g/mol. The van der Waals surface area contributed by atoms with Gasteiger partial charge in [-0.05, 0) is 53.9 Å².